The van der Waals surface area contributed by atoms with E-state index in [0.29, 0.717) is 59.1 Å². The molecule has 0 aliphatic carbocycles. The number of para-hydroxylation sites is 1. The maximum absolute atomic E-state index is 16.3. The second kappa shape index (κ2) is 12.5. The van der Waals surface area contributed by atoms with Gasteiger partial charge in [-0.15, -0.1) is 0 Å². The SMILES string of the molecule is FC(F)(F)c1ccc2c(c1)B1c3ccccc3Sc3c1c1c4c(c3C(F)(F)F)N(c3ccccc3C(F)(F)F)c3ccc(C(F)(F)F)cc3B4c3cc(C(F)(F)F)ccc3N21. The van der Waals surface area contributed by atoms with Gasteiger partial charge in [0.15, 0.2) is 0 Å². The Morgan fingerprint density at radius 1 is 0.393 bits per heavy atom. The van der Waals surface area contributed by atoms with E-state index in [0.717, 1.165) is 36.4 Å². The van der Waals surface area contributed by atoms with Gasteiger partial charge in [0.25, 0.3) is 6.71 Å². The van der Waals surface area contributed by atoms with E-state index in [1.165, 1.54) is 29.2 Å². The molecule has 20 heteroatoms. The van der Waals surface area contributed by atoms with Gasteiger partial charge in [0.2, 0.25) is 6.71 Å². The van der Waals surface area contributed by atoms with Crippen molar-refractivity contribution in [3.63, 3.8) is 0 Å². The molecule has 0 fully saturated rings. The van der Waals surface area contributed by atoms with E-state index < -0.39 is 110 Å². The molecule has 4 aliphatic rings. The molecule has 0 atom stereocenters. The van der Waals surface area contributed by atoms with Crippen LogP contribution in [0.2, 0.25) is 0 Å². The predicted octanol–water partition coefficient (Wildman–Crippen LogP) is 10.2. The van der Waals surface area contributed by atoms with Crippen LogP contribution in [0.1, 0.15) is 27.8 Å². The first-order valence-corrected chi connectivity index (χ1v) is 18.8. The number of hydrogen-bond donors (Lipinski definition) is 0. The highest BCUT2D eigenvalue weighted by atomic mass is 32.2. The maximum Gasteiger partial charge on any atom is 0.419 e. The quantitative estimate of drug-likeness (QED) is 0.120. The predicted molar refractivity (Wildman–Crippen MR) is 201 cm³/mol. The molecular weight excluding hydrogens is 859 g/mol. The summed E-state index contributed by atoms with van der Waals surface area (Å²) in [5, 5.41) is 0. The van der Waals surface area contributed by atoms with Gasteiger partial charge in [-0.2, -0.15) is 65.9 Å². The van der Waals surface area contributed by atoms with Gasteiger partial charge in [0, 0.05) is 32.5 Å². The van der Waals surface area contributed by atoms with Crippen LogP contribution in [0.5, 0.6) is 0 Å². The number of anilines is 6. The zero-order valence-electron chi connectivity index (χ0n) is 29.9. The average molecular weight is 876 g/mol. The molecule has 0 bridgehead atoms. The smallest absolute Gasteiger partial charge is 0.312 e. The Bertz CT molecular complexity index is 2880. The molecule has 308 valence electrons. The van der Waals surface area contributed by atoms with Crippen LogP contribution in [0, 0.1) is 0 Å². The molecule has 0 unspecified atom stereocenters. The molecule has 0 spiro atoms. The second-order valence-corrected chi connectivity index (χ2v) is 15.8. The Kier molecular flexibility index (Phi) is 8.08. The standard InChI is InChI=1S/C41H17B2F15N2S/c44-37(45,46)18-10-13-28-23(15-18)42-22-6-2-4-8-30(22)61-36-31(41(56,57)58)34-32-35(33(36)42)60(28)29-14-11-20(39(50,51)52)17-25(29)43(32)24-16-19(38(47,48)49)9-12-27(24)59(34)26-7-3-1-5-21(26)40(53,54)55/h1-17H. The Balaban J connectivity index is 1.46. The van der Waals surface area contributed by atoms with Gasteiger partial charge in [0.05, 0.1) is 39.2 Å². The van der Waals surface area contributed by atoms with Gasteiger partial charge >= 0.3 is 30.9 Å². The molecule has 0 N–H and O–H groups in total. The van der Waals surface area contributed by atoms with Crippen LogP contribution in [-0.2, 0) is 30.9 Å². The molecule has 4 aliphatic heterocycles. The number of halogens is 15. The Morgan fingerprint density at radius 2 is 0.836 bits per heavy atom. The summed E-state index contributed by atoms with van der Waals surface area (Å²) in [7, 11) is 0. The first kappa shape index (κ1) is 39.5. The fourth-order valence-corrected chi connectivity index (χ4v) is 10.5. The van der Waals surface area contributed by atoms with Gasteiger partial charge in [-0.1, -0.05) is 65.8 Å². The molecule has 2 nitrogen and oxygen atoms in total. The summed E-state index contributed by atoms with van der Waals surface area (Å²) < 4.78 is 224. The van der Waals surface area contributed by atoms with Crippen LogP contribution in [0.4, 0.5) is 100.0 Å². The van der Waals surface area contributed by atoms with Gasteiger partial charge < -0.3 is 9.80 Å². The van der Waals surface area contributed by atoms with Crippen molar-refractivity contribution in [2.45, 2.75) is 40.7 Å². The molecule has 10 rings (SSSR count). The highest BCUT2D eigenvalue weighted by molar-refractivity contribution is 8.00. The highest BCUT2D eigenvalue weighted by Crippen LogP contribution is 2.56. The third-order valence-corrected chi connectivity index (χ3v) is 12.6. The first-order chi connectivity index (χ1) is 28.5. The molecule has 0 aromatic heterocycles. The fraction of sp³-hybridized carbons (Fsp3) is 0.122. The lowest BCUT2D eigenvalue weighted by Gasteiger charge is -2.50. The maximum atomic E-state index is 16.3. The molecular formula is C41H17B2F15N2S. The van der Waals surface area contributed by atoms with E-state index in [4.69, 9.17) is 0 Å². The lowest BCUT2D eigenvalue weighted by molar-refractivity contribution is -0.139. The molecule has 6 aromatic carbocycles. The molecule has 4 heterocycles. The number of alkyl halides is 15. The van der Waals surface area contributed by atoms with E-state index in [1.807, 2.05) is 0 Å². The summed E-state index contributed by atoms with van der Waals surface area (Å²) in [6.07, 6.45) is -26.0. The number of fused-ring (bicyclic) bond motifs is 10. The van der Waals surface area contributed by atoms with Crippen molar-refractivity contribution >= 4 is 92.1 Å². The minimum Gasteiger partial charge on any atom is -0.312 e. The molecule has 61 heavy (non-hydrogen) atoms. The summed E-state index contributed by atoms with van der Waals surface area (Å²) in [5.74, 6) is 0. The third kappa shape index (κ3) is 5.72. The Labute approximate surface area is 338 Å². The summed E-state index contributed by atoms with van der Waals surface area (Å²) >= 11 is 0.554. The van der Waals surface area contributed by atoms with Crippen molar-refractivity contribution in [2.24, 2.45) is 0 Å². The highest BCUT2D eigenvalue weighted by Gasteiger charge is 2.56. The summed E-state index contributed by atoms with van der Waals surface area (Å²) in [6.45, 7) is -3.35. The lowest BCUT2D eigenvalue weighted by Crippen LogP contribution is -2.68. The molecule has 0 saturated heterocycles. The second-order valence-electron chi connectivity index (χ2n) is 14.7. The Hall–Kier alpha value is -5.65. The number of hydrogen-bond acceptors (Lipinski definition) is 3. The van der Waals surface area contributed by atoms with Gasteiger partial charge in [-0.05, 0) is 81.9 Å². The Morgan fingerprint density at radius 3 is 1.31 bits per heavy atom. The van der Waals surface area contributed by atoms with E-state index in [1.54, 1.807) is 0 Å². The molecule has 6 aromatic rings. The third-order valence-electron chi connectivity index (χ3n) is 11.4. The van der Waals surface area contributed by atoms with Crippen molar-refractivity contribution in [1.29, 1.82) is 0 Å². The van der Waals surface area contributed by atoms with Crippen molar-refractivity contribution < 1.29 is 65.9 Å². The molecule has 0 saturated carbocycles. The van der Waals surface area contributed by atoms with Crippen molar-refractivity contribution in [3.8, 4) is 0 Å². The topological polar surface area (TPSA) is 6.48 Å². The summed E-state index contributed by atoms with van der Waals surface area (Å²) in [4.78, 5) is 1.28. The van der Waals surface area contributed by atoms with Crippen LogP contribution < -0.4 is 42.6 Å². The van der Waals surface area contributed by atoms with Crippen LogP contribution >= 0.6 is 11.8 Å². The normalized spacial score (nSPS) is 15.3. The van der Waals surface area contributed by atoms with Crippen molar-refractivity contribution in [2.75, 3.05) is 9.80 Å². The summed E-state index contributed by atoms with van der Waals surface area (Å²) in [6, 6.07) is 15.5. The van der Waals surface area contributed by atoms with Gasteiger partial charge in [-0.3, -0.25) is 0 Å². The number of rotatable bonds is 1. The molecule has 0 radical (unpaired) electrons. The van der Waals surface area contributed by atoms with E-state index in [9.17, 15) is 52.7 Å². The monoisotopic (exact) mass is 876 g/mol. The number of benzene rings is 6. The van der Waals surface area contributed by atoms with Gasteiger partial charge in [0.1, 0.15) is 0 Å². The van der Waals surface area contributed by atoms with E-state index >= 15 is 13.2 Å². The largest absolute Gasteiger partial charge is 0.419 e. The molecule has 0 amide bonds. The minimum atomic E-state index is -5.51. The zero-order valence-corrected chi connectivity index (χ0v) is 30.8. The summed E-state index contributed by atoms with van der Waals surface area (Å²) in [5.41, 5.74) is -12.0. The van der Waals surface area contributed by atoms with Crippen molar-refractivity contribution in [1.82, 2.24) is 0 Å². The van der Waals surface area contributed by atoms with Crippen LogP contribution in [0.25, 0.3) is 0 Å². The van der Waals surface area contributed by atoms with Crippen LogP contribution in [0.3, 0.4) is 0 Å². The minimum absolute atomic E-state index is 0.114. The first-order valence-electron chi connectivity index (χ1n) is 17.9. The van der Waals surface area contributed by atoms with Crippen molar-refractivity contribution in [3.05, 3.63) is 131 Å². The van der Waals surface area contributed by atoms with E-state index in [-0.39, 0.29) is 38.3 Å². The average Bonchev–Trinajstić information content (AvgIpc) is 3.17. The van der Waals surface area contributed by atoms with Crippen LogP contribution in [-0.4, -0.2) is 13.4 Å². The fourth-order valence-electron chi connectivity index (χ4n) is 9.15. The van der Waals surface area contributed by atoms with E-state index in [2.05, 4.69) is 0 Å². The zero-order chi connectivity index (χ0) is 43.5. The number of nitrogens with zero attached hydrogens (tertiary/aromatic N) is 2. The van der Waals surface area contributed by atoms with Crippen LogP contribution in [0.15, 0.2) is 113 Å². The lowest BCUT2D eigenvalue weighted by atomic mass is 9.29. The van der Waals surface area contributed by atoms with Gasteiger partial charge in [-0.25, -0.2) is 0 Å².